The number of hydrogen-bond acceptors (Lipinski definition) is 6. The lowest BCUT2D eigenvalue weighted by Crippen LogP contribution is -2.47. The Morgan fingerprint density at radius 2 is 1.97 bits per heavy atom. The monoisotopic (exact) mass is 418 g/mol. The lowest BCUT2D eigenvalue weighted by Gasteiger charge is -2.17. The zero-order chi connectivity index (χ0) is 21.8. The summed E-state index contributed by atoms with van der Waals surface area (Å²) in [6.07, 6.45) is 4.42. The van der Waals surface area contributed by atoms with Crippen molar-refractivity contribution in [3.63, 3.8) is 0 Å². The standard InChI is InChI=1S/C22H22N6O3/c23-20(30)19(29)17(11-14-5-2-1-3-6-14)26-22(31)16-7-4-9-25-21(16)28-13-15-8-10-24-12-18(15)27-28/h1-7,9,13,17,24H,8,10-12H2,(H2,23,30)(H,26,31). The highest BCUT2D eigenvalue weighted by molar-refractivity contribution is 6.38. The Hall–Kier alpha value is -3.85. The van der Waals surface area contributed by atoms with Crippen LogP contribution in [-0.4, -0.2) is 44.9 Å². The molecule has 1 unspecified atom stereocenters. The number of carbonyl (C=O) groups excluding carboxylic acids is 3. The fourth-order valence-electron chi connectivity index (χ4n) is 3.56. The van der Waals surface area contributed by atoms with Crippen molar-refractivity contribution in [2.75, 3.05) is 6.54 Å². The number of Topliss-reactive ketones (excluding diaryl/α,β-unsaturated/α-hetero) is 1. The van der Waals surface area contributed by atoms with E-state index in [4.69, 9.17) is 5.73 Å². The Kier molecular flexibility index (Phi) is 5.85. The molecule has 1 atom stereocenters. The minimum atomic E-state index is -1.10. The van der Waals surface area contributed by atoms with E-state index in [-0.39, 0.29) is 12.0 Å². The number of benzene rings is 1. The molecule has 0 aliphatic carbocycles. The van der Waals surface area contributed by atoms with Crippen LogP contribution in [0, 0.1) is 0 Å². The molecule has 0 radical (unpaired) electrons. The highest BCUT2D eigenvalue weighted by atomic mass is 16.2. The first-order valence-corrected chi connectivity index (χ1v) is 9.95. The third kappa shape index (κ3) is 4.51. The Morgan fingerprint density at radius 3 is 2.71 bits per heavy atom. The predicted molar refractivity (Wildman–Crippen MR) is 112 cm³/mol. The normalized spacial score (nSPS) is 13.8. The minimum Gasteiger partial charge on any atom is -0.363 e. The van der Waals surface area contributed by atoms with Gasteiger partial charge in [0.05, 0.1) is 11.3 Å². The molecule has 0 saturated heterocycles. The number of primary amides is 1. The van der Waals surface area contributed by atoms with E-state index in [1.807, 2.05) is 36.5 Å². The van der Waals surface area contributed by atoms with E-state index < -0.39 is 23.6 Å². The molecule has 158 valence electrons. The first-order chi connectivity index (χ1) is 15.0. The van der Waals surface area contributed by atoms with E-state index in [0.717, 1.165) is 29.8 Å². The maximum absolute atomic E-state index is 13.1. The molecule has 2 aromatic heterocycles. The number of hydrogen-bond donors (Lipinski definition) is 3. The number of aromatic nitrogens is 3. The number of nitrogens with one attached hydrogen (secondary N) is 2. The predicted octanol–water partition coefficient (Wildman–Crippen LogP) is 0.308. The van der Waals surface area contributed by atoms with Crippen molar-refractivity contribution < 1.29 is 14.4 Å². The van der Waals surface area contributed by atoms with Crippen molar-refractivity contribution >= 4 is 17.6 Å². The average molecular weight is 418 g/mol. The third-order valence-electron chi connectivity index (χ3n) is 5.14. The number of nitrogens with zero attached hydrogens (tertiary/aromatic N) is 3. The second-order valence-corrected chi connectivity index (χ2v) is 7.29. The summed E-state index contributed by atoms with van der Waals surface area (Å²) in [5.41, 5.74) is 8.25. The second-order valence-electron chi connectivity index (χ2n) is 7.29. The molecule has 0 spiro atoms. The summed E-state index contributed by atoms with van der Waals surface area (Å²) in [6, 6.07) is 11.2. The average Bonchev–Trinajstić information content (AvgIpc) is 3.23. The van der Waals surface area contributed by atoms with Crippen LogP contribution in [0.5, 0.6) is 0 Å². The molecule has 3 heterocycles. The number of pyridine rings is 1. The number of carbonyl (C=O) groups is 3. The Morgan fingerprint density at radius 1 is 1.16 bits per heavy atom. The van der Waals surface area contributed by atoms with E-state index in [0.29, 0.717) is 12.4 Å². The smallest absolute Gasteiger partial charge is 0.287 e. The van der Waals surface area contributed by atoms with Crippen LogP contribution in [0.25, 0.3) is 5.82 Å². The zero-order valence-corrected chi connectivity index (χ0v) is 16.7. The van der Waals surface area contributed by atoms with Gasteiger partial charge in [0.1, 0.15) is 6.04 Å². The van der Waals surface area contributed by atoms with Crippen molar-refractivity contribution in [1.82, 2.24) is 25.4 Å². The Bertz CT molecular complexity index is 1100. The largest absolute Gasteiger partial charge is 0.363 e. The van der Waals surface area contributed by atoms with Crippen molar-refractivity contribution in [3.8, 4) is 5.82 Å². The zero-order valence-electron chi connectivity index (χ0n) is 16.7. The fourth-order valence-corrected chi connectivity index (χ4v) is 3.56. The first-order valence-electron chi connectivity index (χ1n) is 9.95. The van der Waals surface area contributed by atoms with Gasteiger partial charge in [0, 0.05) is 25.4 Å². The van der Waals surface area contributed by atoms with Gasteiger partial charge < -0.3 is 16.4 Å². The van der Waals surface area contributed by atoms with Crippen LogP contribution in [0.1, 0.15) is 27.2 Å². The minimum absolute atomic E-state index is 0.145. The van der Waals surface area contributed by atoms with Crippen LogP contribution >= 0.6 is 0 Å². The van der Waals surface area contributed by atoms with E-state index in [1.165, 1.54) is 0 Å². The molecule has 1 aromatic carbocycles. The van der Waals surface area contributed by atoms with Gasteiger partial charge >= 0.3 is 0 Å². The fraction of sp³-hybridized carbons (Fsp3) is 0.227. The van der Waals surface area contributed by atoms with Gasteiger partial charge in [-0.2, -0.15) is 5.10 Å². The third-order valence-corrected chi connectivity index (χ3v) is 5.14. The van der Waals surface area contributed by atoms with Gasteiger partial charge in [-0.25, -0.2) is 9.67 Å². The van der Waals surface area contributed by atoms with Gasteiger partial charge in [-0.3, -0.25) is 14.4 Å². The molecule has 9 heteroatoms. The summed E-state index contributed by atoms with van der Waals surface area (Å²) >= 11 is 0. The molecular weight excluding hydrogens is 396 g/mol. The van der Waals surface area contributed by atoms with Gasteiger partial charge in [-0.1, -0.05) is 30.3 Å². The van der Waals surface area contributed by atoms with Gasteiger partial charge in [-0.05, 0) is 36.2 Å². The summed E-state index contributed by atoms with van der Waals surface area (Å²) in [4.78, 5) is 41.3. The van der Waals surface area contributed by atoms with Crippen LogP contribution < -0.4 is 16.4 Å². The highest BCUT2D eigenvalue weighted by Crippen LogP contribution is 2.17. The lowest BCUT2D eigenvalue weighted by molar-refractivity contribution is -0.137. The van der Waals surface area contributed by atoms with Crippen molar-refractivity contribution in [2.45, 2.75) is 25.4 Å². The summed E-state index contributed by atoms with van der Waals surface area (Å²) in [5, 5.41) is 10.5. The molecule has 4 rings (SSSR count). The molecule has 31 heavy (non-hydrogen) atoms. The number of amides is 2. The number of nitrogens with two attached hydrogens (primary N) is 1. The van der Waals surface area contributed by atoms with E-state index in [2.05, 4.69) is 20.7 Å². The van der Waals surface area contributed by atoms with Crippen LogP contribution in [0.3, 0.4) is 0 Å². The molecule has 0 saturated carbocycles. The number of fused-ring (bicyclic) bond motifs is 1. The van der Waals surface area contributed by atoms with Crippen molar-refractivity contribution in [2.24, 2.45) is 5.73 Å². The maximum atomic E-state index is 13.1. The molecule has 1 aliphatic rings. The molecule has 3 aromatic rings. The summed E-state index contributed by atoms with van der Waals surface area (Å²) in [7, 11) is 0. The summed E-state index contributed by atoms with van der Waals surface area (Å²) in [5.74, 6) is -2.15. The quantitative estimate of drug-likeness (QED) is 0.473. The molecule has 9 nitrogen and oxygen atoms in total. The number of ketones is 1. The summed E-state index contributed by atoms with van der Waals surface area (Å²) < 4.78 is 1.58. The molecule has 0 fully saturated rings. The van der Waals surface area contributed by atoms with Gasteiger partial charge in [0.15, 0.2) is 5.82 Å². The SMILES string of the molecule is NC(=O)C(=O)C(Cc1ccccc1)NC(=O)c1cccnc1-n1cc2c(n1)CNCC2. The van der Waals surface area contributed by atoms with Crippen LogP contribution in [0.2, 0.25) is 0 Å². The first kappa shape index (κ1) is 20.4. The molecule has 0 bridgehead atoms. The number of rotatable bonds is 7. The molecular formula is C22H22N6O3. The van der Waals surface area contributed by atoms with Crippen LogP contribution in [0.15, 0.2) is 54.9 Å². The topological polar surface area (TPSA) is 132 Å². The molecule has 4 N–H and O–H groups in total. The van der Waals surface area contributed by atoms with Gasteiger partial charge in [0.2, 0.25) is 5.78 Å². The van der Waals surface area contributed by atoms with Gasteiger partial charge in [0.25, 0.3) is 11.8 Å². The Labute approximate surface area is 178 Å². The van der Waals surface area contributed by atoms with Crippen LogP contribution in [0.4, 0.5) is 0 Å². The van der Waals surface area contributed by atoms with Crippen molar-refractivity contribution in [1.29, 1.82) is 0 Å². The molecule has 1 aliphatic heterocycles. The van der Waals surface area contributed by atoms with Crippen molar-refractivity contribution in [3.05, 3.63) is 77.2 Å². The lowest BCUT2D eigenvalue weighted by atomic mass is 10.0. The van der Waals surface area contributed by atoms with E-state index in [1.54, 1.807) is 23.0 Å². The Balaban J connectivity index is 1.61. The molecule has 2 amide bonds. The maximum Gasteiger partial charge on any atom is 0.287 e. The second kappa shape index (κ2) is 8.88. The van der Waals surface area contributed by atoms with E-state index >= 15 is 0 Å². The van der Waals surface area contributed by atoms with Crippen LogP contribution in [-0.2, 0) is 29.0 Å². The summed E-state index contributed by atoms with van der Waals surface area (Å²) in [6.45, 7) is 1.52. The highest BCUT2D eigenvalue weighted by Gasteiger charge is 2.27. The van der Waals surface area contributed by atoms with Gasteiger partial charge in [-0.15, -0.1) is 0 Å². The van der Waals surface area contributed by atoms with E-state index in [9.17, 15) is 14.4 Å².